The van der Waals surface area contributed by atoms with Crippen molar-refractivity contribution in [3.8, 4) is 78.4 Å². The van der Waals surface area contributed by atoms with Crippen LogP contribution < -0.4 is 0 Å². The Balaban J connectivity index is 0.000000133. The molecule has 0 unspecified atom stereocenters. The zero-order valence-electron chi connectivity index (χ0n) is 56.9. The molecule has 0 saturated heterocycles. The SMILES string of the molecule is [C-]#[N+]c1cc2ccc3cc(-c4cc5ccc6cc(-c7ccc(-c8cccc9cccnc89)cc7)cc7ccc(c4)c5c67)cc4c3c2c(c1)n4-c1ccccc1.[C-]#[N+]c1cc2ccc3cc(-c4cc5ccc6cc(-c7cccc(-c8ccncc8)n7)cc7ccc(c4)c5c67)cc4c3c2c(c1)n4-c1ccccc1. The number of pyridine rings is 3. The lowest BCUT2D eigenvalue weighted by Gasteiger charge is -2.15. The maximum atomic E-state index is 7.81. The van der Waals surface area contributed by atoms with Crippen molar-refractivity contribution in [1.29, 1.82) is 0 Å². The summed E-state index contributed by atoms with van der Waals surface area (Å²) in [4.78, 5) is 21.5. The molecule has 23 rings (SSSR count). The molecule has 0 aliphatic heterocycles. The van der Waals surface area contributed by atoms with Gasteiger partial charge in [0.25, 0.3) is 0 Å². The Hall–Kier alpha value is -14.6. The van der Waals surface area contributed by atoms with Gasteiger partial charge in [0.15, 0.2) is 11.4 Å². The third-order valence-corrected chi connectivity index (χ3v) is 22.1. The molecule has 18 aromatic carbocycles. The summed E-state index contributed by atoms with van der Waals surface area (Å²) in [6, 6.07) is 114. The normalized spacial score (nSPS) is 11.9. The maximum Gasteiger partial charge on any atom is 0.189 e. The lowest BCUT2D eigenvalue weighted by molar-refractivity contribution is 1.18. The smallest absolute Gasteiger partial charge is 0.189 e. The van der Waals surface area contributed by atoms with Crippen LogP contribution in [0.5, 0.6) is 0 Å². The van der Waals surface area contributed by atoms with E-state index >= 15 is 0 Å². The van der Waals surface area contributed by atoms with E-state index in [1.54, 1.807) is 12.4 Å². The van der Waals surface area contributed by atoms with Crippen LogP contribution in [-0.4, -0.2) is 24.1 Å². The number of hydrogen-bond acceptors (Lipinski definition) is 3. The number of rotatable bonds is 8. The van der Waals surface area contributed by atoms with E-state index in [-0.39, 0.29) is 0 Å². The summed E-state index contributed by atoms with van der Waals surface area (Å²) in [7, 11) is 0. The van der Waals surface area contributed by atoms with Crippen LogP contribution in [0, 0.1) is 13.1 Å². The molecule has 0 N–H and O–H groups in total. The van der Waals surface area contributed by atoms with Gasteiger partial charge in [-0.3, -0.25) is 9.97 Å². The number of benzene rings is 18. The lowest BCUT2D eigenvalue weighted by atomic mass is 9.89. The van der Waals surface area contributed by atoms with Crippen LogP contribution in [-0.2, 0) is 0 Å². The standard InChI is InChI=1S/C52H29N3.C47H26N4/c1-53-43-28-39-21-20-38-27-42(29-46-50(38)51(39)47(30-43)55(46)44-9-3-2-4-10-44)41-25-36-18-16-34-23-40(24-35-17-19-37(26-41)49(36)48(34)35)31-12-14-32(15-13-31)45-11-5-7-33-8-6-22-54-52(33)45;1-48-38-25-34-15-14-33-22-36(26-42-46(33)47(34)43(27-38)51(42)39-6-3-2-4-7-39)35-20-29-10-12-31-23-37(24-32-13-11-30(21-35)44(29)45(31)32)41-9-5-8-40(50-41)28-16-18-49-19-17-28/h2-30H;2-27H. The van der Waals surface area contributed by atoms with E-state index < -0.39 is 0 Å². The Morgan fingerprint density at radius 1 is 0.236 bits per heavy atom. The number of hydrogen-bond donors (Lipinski definition) is 0. The fourth-order valence-electron chi connectivity index (χ4n) is 17.5. The summed E-state index contributed by atoms with van der Waals surface area (Å²) in [6.07, 6.45) is 5.48. The summed E-state index contributed by atoms with van der Waals surface area (Å²) in [5.41, 5.74) is 22.5. The van der Waals surface area contributed by atoms with Crippen molar-refractivity contribution in [3.05, 3.63) is 357 Å². The van der Waals surface area contributed by atoms with E-state index in [1.165, 1.54) is 136 Å². The Labute approximate surface area is 607 Å². The molecule has 5 aromatic heterocycles. The summed E-state index contributed by atoms with van der Waals surface area (Å²) in [5.74, 6) is 0. The monoisotopic (exact) mass is 1340 g/mol. The summed E-state index contributed by atoms with van der Waals surface area (Å²) in [5, 5.41) is 25.7. The summed E-state index contributed by atoms with van der Waals surface area (Å²) in [6.45, 7) is 15.6. The highest BCUT2D eigenvalue weighted by atomic mass is 15.0. The first-order valence-corrected chi connectivity index (χ1v) is 35.7. The molecule has 486 valence electrons. The Morgan fingerprint density at radius 2 is 0.585 bits per heavy atom. The summed E-state index contributed by atoms with van der Waals surface area (Å²) >= 11 is 0. The molecule has 0 spiro atoms. The highest BCUT2D eigenvalue weighted by molar-refractivity contribution is 6.30. The van der Waals surface area contributed by atoms with Crippen molar-refractivity contribution < 1.29 is 0 Å². The molecule has 0 radical (unpaired) electrons. The van der Waals surface area contributed by atoms with E-state index in [9.17, 15) is 0 Å². The first kappa shape index (κ1) is 59.1. The highest BCUT2D eigenvalue weighted by Crippen LogP contribution is 2.48. The molecule has 23 aromatic rings. The van der Waals surface area contributed by atoms with Gasteiger partial charge in [-0.2, -0.15) is 0 Å². The van der Waals surface area contributed by atoms with Gasteiger partial charge in [-0.05, 0) is 277 Å². The third kappa shape index (κ3) is 9.14. The molecule has 0 aliphatic carbocycles. The number of aromatic nitrogens is 5. The Bertz CT molecular complexity index is 7490. The van der Waals surface area contributed by atoms with Crippen molar-refractivity contribution in [1.82, 2.24) is 24.1 Å². The molecule has 7 nitrogen and oxygen atoms in total. The van der Waals surface area contributed by atoms with Crippen LogP contribution in [0.3, 0.4) is 0 Å². The van der Waals surface area contributed by atoms with Gasteiger partial charge in [-0.25, -0.2) is 14.7 Å². The molecule has 0 amide bonds. The molecular formula is C99H55N7. The molecule has 106 heavy (non-hydrogen) atoms. The van der Waals surface area contributed by atoms with E-state index in [1.807, 2.05) is 60.8 Å². The fraction of sp³-hybridized carbons (Fsp3) is 0. The predicted molar refractivity (Wildman–Crippen MR) is 442 cm³/mol. The minimum absolute atomic E-state index is 0.652. The van der Waals surface area contributed by atoms with Crippen LogP contribution in [0.15, 0.2) is 334 Å². The van der Waals surface area contributed by atoms with Gasteiger partial charge in [-0.15, -0.1) is 0 Å². The molecule has 0 fully saturated rings. The topological polar surface area (TPSA) is 57.2 Å². The lowest BCUT2D eigenvalue weighted by Crippen LogP contribution is -1.93. The average Bonchev–Trinajstić information content (AvgIpc) is 1.51. The molecule has 0 saturated carbocycles. The van der Waals surface area contributed by atoms with Crippen LogP contribution in [0.25, 0.3) is 229 Å². The van der Waals surface area contributed by atoms with Crippen molar-refractivity contribution in [2.45, 2.75) is 0 Å². The average molecular weight is 1340 g/mol. The number of para-hydroxylation sites is 3. The molecule has 0 aliphatic rings. The quantitative estimate of drug-likeness (QED) is 0.113. The second kappa shape index (κ2) is 22.9. The molecule has 7 heteroatoms. The van der Waals surface area contributed by atoms with Gasteiger partial charge < -0.3 is 9.13 Å². The third-order valence-electron chi connectivity index (χ3n) is 22.1. The van der Waals surface area contributed by atoms with Crippen LogP contribution in [0.4, 0.5) is 11.4 Å². The van der Waals surface area contributed by atoms with Crippen LogP contribution in [0.2, 0.25) is 0 Å². The van der Waals surface area contributed by atoms with E-state index in [4.69, 9.17) is 18.1 Å². The summed E-state index contributed by atoms with van der Waals surface area (Å²) < 4.78 is 4.66. The van der Waals surface area contributed by atoms with Crippen LogP contribution in [0.1, 0.15) is 0 Å². The molecular weight excluding hydrogens is 1290 g/mol. The van der Waals surface area contributed by atoms with Crippen molar-refractivity contribution >= 4 is 152 Å². The predicted octanol–water partition coefficient (Wildman–Crippen LogP) is 27.0. The zero-order chi connectivity index (χ0) is 69.8. The molecule has 5 heterocycles. The van der Waals surface area contributed by atoms with Crippen molar-refractivity contribution in [3.63, 3.8) is 0 Å². The van der Waals surface area contributed by atoms with E-state index in [0.717, 1.165) is 83.2 Å². The van der Waals surface area contributed by atoms with Crippen LogP contribution >= 0.6 is 0 Å². The van der Waals surface area contributed by atoms with Gasteiger partial charge in [0.1, 0.15) is 0 Å². The number of nitrogens with zero attached hydrogens (tertiary/aromatic N) is 7. The van der Waals surface area contributed by atoms with Gasteiger partial charge in [-0.1, -0.05) is 164 Å². The molecule has 0 bridgehead atoms. The van der Waals surface area contributed by atoms with E-state index in [0.29, 0.717) is 11.4 Å². The minimum atomic E-state index is 0.652. The van der Waals surface area contributed by atoms with E-state index in [2.05, 4.69) is 290 Å². The largest absolute Gasteiger partial charge is 0.310 e. The second-order valence-corrected chi connectivity index (χ2v) is 28.1. The van der Waals surface area contributed by atoms with Crippen molar-refractivity contribution in [2.24, 2.45) is 0 Å². The Kier molecular flexibility index (Phi) is 12.8. The highest BCUT2D eigenvalue weighted by Gasteiger charge is 2.24. The zero-order valence-corrected chi connectivity index (χ0v) is 56.9. The van der Waals surface area contributed by atoms with Crippen molar-refractivity contribution in [2.75, 3.05) is 0 Å². The van der Waals surface area contributed by atoms with Gasteiger partial charge in [0.2, 0.25) is 0 Å². The molecule has 0 atom stereocenters. The van der Waals surface area contributed by atoms with Gasteiger partial charge >= 0.3 is 0 Å². The Morgan fingerprint density at radius 3 is 1.02 bits per heavy atom. The first-order chi connectivity index (χ1) is 52.4. The fourth-order valence-corrected chi connectivity index (χ4v) is 17.5. The maximum absolute atomic E-state index is 7.81. The van der Waals surface area contributed by atoms with Gasteiger partial charge in [0.05, 0.1) is 41.1 Å². The van der Waals surface area contributed by atoms with Gasteiger partial charge in [0, 0.05) is 84.6 Å². The second-order valence-electron chi connectivity index (χ2n) is 28.1. The first-order valence-electron chi connectivity index (χ1n) is 35.7. The minimum Gasteiger partial charge on any atom is -0.310 e. The number of fused-ring (bicyclic) bond motifs is 1.